The van der Waals surface area contributed by atoms with Crippen LogP contribution in [-0.2, 0) is 15.7 Å². The van der Waals surface area contributed by atoms with Gasteiger partial charge in [-0.2, -0.15) is 23.1 Å². The number of carbonyl (C=O) groups excluding carboxylic acids is 1. The van der Waals surface area contributed by atoms with E-state index in [-0.39, 0.29) is 53.7 Å². The number of amides is 1. The number of nitrogens with one attached hydrogen (secondary N) is 1. The normalized spacial score (nSPS) is 20.8. The molecule has 0 radical (unpaired) electrons. The lowest BCUT2D eigenvalue weighted by atomic mass is 9.95. The zero-order valence-corrected chi connectivity index (χ0v) is 30.8. The number of alkyl halides is 3. The topological polar surface area (TPSA) is 187 Å². The quantitative estimate of drug-likeness (QED) is 0.143. The minimum Gasteiger partial charge on any atom is -0.506 e. The fourth-order valence-corrected chi connectivity index (χ4v) is 8.22. The molecule has 14 nitrogen and oxygen atoms in total. The van der Waals surface area contributed by atoms with Crippen molar-refractivity contribution in [3.05, 3.63) is 51.9 Å². The number of pyridine rings is 2. The van der Waals surface area contributed by atoms with Gasteiger partial charge in [-0.1, -0.05) is 17.7 Å². The predicted molar refractivity (Wildman–Crippen MR) is 195 cm³/mol. The smallest absolute Gasteiger partial charge is 0.418 e. The van der Waals surface area contributed by atoms with Crippen molar-refractivity contribution < 1.29 is 41.7 Å². The number of anilines is 3. The van der Waals surface area contributed by atoms with E-state index in [1.807, 2.05) is 0 Å². The SMILES string of the molecule is Cc1cc(N)nc(-c2c(Cl)c(O)c3c(NC(C)c4cccnc4N)nc(OCC45CCCN4C(COC(=O)N4CCOCC4)CC5)nc3c2F)c1C(F)(F)F. The van der Waals surface area contributed by atoms with Gasteiger partial charge in [0.15, 0.2) is 5.82 Å². The van der Waals surface area contributed by atoms with Crippen LogP contribution in [0.3, 0.4) is 0 Å². The minimum absolute atomic E-state index is 0.0622. The van der Waals surface area contributed by atoms with Crippen LogP contribution >= 0.6 is 11.6 Å². The second-order valence-electron chi connectivity index (χ2n) is 14.0. The number of hydrogen-bond acceptors (Lipinski definition) is 13. The van der Waals surface area contributed by atoms with E-state index in [0.717, 1.165) is 38.8 Å². The first kappa shape index (κ1) is 38.3. The number of hydrogen-bond donors (Lipinski definition) is 4. The number of aryl methyl sites for hydroxylation is 1. The van der Waals surface area contributed by atoms with E-state index in [2.05, 4.69) is 30.2 Å². The van der Waals surface area contributed by atoms with Crippen LogP contribution < -0.4 is 21.5 Å². The number of fused-ring (bicyclic) bond motifs is 2. The highest BCUT2D eigenvalue weighted by Crippen LogP contribution is 2.49. The highest BCUT2D eigenvalue weighted by atomic mass is 35.5. The van der Waals surface area contributed by atoms with Crippen LogP contribution in [-0.4, -0.2) is 98.6 Å². The molecule has 3 aliphatic rings. The Bertz CT molecular complexity index is 2120. The van der Waals surface area contributed by atoms with Crippen LogP contribution in [0.5, 0.6) is 11.8 Å². The van der Waals surface area contributed by atoms with Gasteiger partial charge in [0.2, 0.25) is 0 Å². The molecule has 7 rings (SSSR count). The van der Waals surface area contributed by atoms with Gasteiger partial charge in [-0.05, 0) is 63.8 Å². The first-order valence-corrected chi connectivity index (χ1v) is 18.2. The van der Waals surface area contributed by atoms with Crippen molar-refractivity contribution in [1.82, 2.24) is 29.7 Å². The number of rotatable bonds is 9. The summed E-state index contributed by atoms with van der Waals surface area (Å²) in [6.45, 7) is 5.72. The van der Waals surface area contributed by atoms with Crippen molar-refractivity contribution in [2.75, 3.05) is 62.8 Å². The molecular weight excluding hydrogens is 750 g/mol. The molecule has 6 heterocycles. The Morgan fingerprint density at radius 3 is 2.69 bits per heavy atom. The van der Waals surface area contributed by atoms with Crippen molar-refractivity contribution in [2.45, 2.75) is 63.3 Å². The monoisotopic (exact) mass is 789 g/mol. The summed E-state index contributed by atoms with van der Waals surface area (Å²) >= 11 is 6.51. The third-order valence-electron chi connectivity index (χ3n) is 10.6. The first-order valence-electron chi connectivity index (χ1n) is 17.8. The number of phenols is 1. The van der Waals surface area contributed by atoms with Crippen molar-refractivity contribution in [2.24, 2.45) is 0 Å². The number of benzene rings is 1. The molecule has 55 heavy (non-hydrogen) atoms. The third kappa shape index (κ3) is 7.29. The van der Waals surface area contributed by atoms with Crippen molar-refractivity contribution in [3.8, 4) is 23.0 Å². The standard InChI is InChI=1S/C36H40ClF4N9O5/c1-18-15-22(42)46-28(25(18)36(39,40)41)23-26(37)30(51)24-29(27(23)38)47-33(48-32(24)45-19(2)21-5-3-9-44-31(21)43)55-17-35-7-4-10-50(35)20(6-8-35)16-54-34(52)49-11-13-53-14-12-49/h3,5,9,15,19-20,51H,4,6-8,10-14,16-17H2,1-2H3,(H2,42,46)(H2,43,44)(H,45,47,48). The maximum Gasteiger partial charge on any atom is 0.418 e. The number of carbonyl (C=O) groups is 1. The summed E-state index contributed by atoms with van der Waals surface area (Å²) < 4.78 is 77.4. The molecular formula is C36H40ClF4N9O5. The lowest BCUT2D eigenvalue weighted by molar-refractivity contribution is -0.137. The van der Waals surface area contributed by atoms with Gasteiger partial charge in [0, 0.05) is 30.9 Å². The molecule has 3 fully saturated rings. The average Bonchev–Trinajstić information content (AvgIpc) is 3.71. The number of nitrogens with two attached hydrogens (primary N) is 2. The summed E-state index contributed by atoms with van der Waals surface area (Å²) in [5.41, 5.74) is 8.08. The molecule has 3 atom stereocenters. The Morgan fingerprint density at radius 2 is 1.96 bits per heavy atom. The van der Waals surface area contributed by atoms with Crippen LogP contribution in [0, 0.1) is 12.7 Å². The second-order valence-corrected chi connectivity index (χ2v) is 14.4. The molecule has 19 heteroatoms. The minimum atomic E-state index is -4.99. The molecule has 3 unspecified atom stereocenters. The number of aromatic hydroxyl groups is 1. The van der Waals surface area contributed by atoms with E-state index in [9.17, 15) is 23.1 Å². The molecule has 3 aliphatic heterocycles. The fourth-order valence-electron chi connectivity index (χ4n) is 7.95. The van der Waals surface area contributed by atoms with E-state index in [1.54, 1.807) is 24.0 Å². The van der Waals surface area contributed by atoms with Crippen molar-refractivity contribution in [3.63, 3.8) is 0 Å². The molecule has 6 N–H and O–H groups in total. The predicted octanol–water partition coefficient (Wildman–Crippen LogP) is 6.09. The van der Waals surface area contributed by atoms with E-state index in [0.29, 0.717) is 38.3 Å². The Kier molecular flexibility index (Phi) is 10.4. The first-order chi connectivity index (χ1) is 26.2. The van der Waals surface area contributed by atoms with Crippen LogP contribution in [0.1, 0.15) is 55.3 Å². The largest absolute Gasteiger partial charge is 0.506 e. The van der Waals surface area contributed by atoms with Crippen molar-refractivity contribution >= 4 is 46.1 Å². The van der Waals surface area contributed by atoms with E-state index < -0.39 is 62.8 Å². The van der Waals surface area contributed by atoms with Crippen molar-refractivity contribution in [1.29, 1.82) is 0 Å². The zero-order valence-electron chi connectivity index (χ0n) is 30.1. The van der Waals surface area contributed by atoms with Gasteiger partial charge in [-0.25, -0.2) is 19.2 Å². The van der Waals surface area contributed by atoms with E-state index in [4.69, 9.17) is 37.3 Å². The van der Waals surface area contributed by atoms with Crippen LogP contribution in [0.4, 0.5) is 39.8 Å². The molecule has 0 aliphatic carbocycles. The molecule has 0 saturated carbocycles. The van der Waals surface area contributed by atoms with Gasteiger partial charge >= 0.3 is 18.3 Å². The molecule has 1 amide bonds. The Balaban J connectivity index is 1.26. The summed E-state index contributed by atoms with van der Waals surface area (Å²) in [7, 11) is 0. The zero-order chi connectivity index (χ0) is 39.2. The van der Waals surface area contributed by atoms with Gasteiger partial charge in [0.05, 0.1) is 52.0 Å². The molecule has 4 aromatic rings. The molecule has 1 aromatic carbocycles. The fraction of sp³-hybridized carbons (Fsp3) is 0.472. The number of aromatic nitrogens is 4. The van der Waals surface area contributed by atoms with Crippen LogP contribution in [0.15, 0.2) is 24.4 Å². The maximum absolute atomic E-state index is 16.9. The third-order valence-corrected chi connectivity index (χ3v) is 11.0. The second kappa shape index (κ2) is 15.0. The molecule has 3 saturated heterocycles. The van der Waals surface area contributed by atoms with Gasteiger partial charge < -0.3 is 41.0 Å². The summed E-state index contributed by atoms with van der Waals surface area (Å²) in [4.78, 5) is 33.3. The van der Waals surface area contributed by atoms with Gasteiger partial charge in [0.1, 0.15) is 41.9 Å². The lowest BCUT2D eigenvalue weighted by Crippen LogP contribution is -2.48. The average molecular weight is 790 g/mol. The number of morpholine rings is 1. The Hall–Kier alpha value is -4.94. The molecule has 0 spiro atoms. The van der Waals surface area contributed by atoms with E-state index >= 15 is 4.39 Å². The van der Waals surface area contributed by atoms with Gasteiger partial charge in [-0.15, -0.1) is 0 Å². The lowest BCUT2D eigenvalue weighted by Gasteiger charge is -2.34. The van der Waals surface area contributed by atoms with Gasteiger partial charge in [-0.3, -0.25) is 4.90 Å². The molecule has 3 aromatic heterocycles. The maximum atomic E-state index is 16.9. The Labute approximate surface area is 318 Å². The number of phenolic OH excluding ortho intramolecular Hbond substituents is 1. The number of nitrogen functional groups attached to an aromatic ring is 2. The highest BCUT2D eigenvalue weighted by molar-refractivity contribution is 6.36. The molecule has 294 valence electrons. The van der Waals surface area contributed by atoms with Crippen LogP contribution in [0.2, 0.25) is 5.02 Å². The van der Waals surface area contributed by atoms with Crippen LogP contribution in [0.25, 0.3) is 22.2 Å². The summed E-state index contributed by atoms with van der Waals surface area (Å²) in [6, 6.07) is 3.38. The summed E-state index contributed by atoms with van der Waals surface area (Å²) in [5.74, 6) is -2.36. The summed E-state index contributed by atoms with van der Waals surface area (Å²) in [5, 5.41) is 13.5. The number of halogens is 5. The molecule has 0 bridgehead atoms. The number of ether oxygens (including phenoxy) is 3. The highest BCUT2D eigenvalue weighted by Gasteiger charge is 2.50. The van der Waals surface area contributed by atoms with Gasteiger partial charge in [0.25, 0.3) is 0 Å². The summed E-state index contributed by atoms with van der Waals surface area (Å²) in [6.07, 6.45) is -0.823. The van der Waals surface area contributed by atoms with E-state index in [1.165, 1.54) is 6.20 Å². The number of nitrogens with zero attached hydrogens (tertiary/aromatic N) is 6. The Morgan fingerprint density at radius 1 is 1.20 bits per heavy atom.